The molecule has 0 bridgehead atoms. The van der Waals surface area contributed by atoms with Crippen molar-refractivity contribution >= 4 is 33.4 Å². The maximum atomic E-state index is 6.53. The van der Waals surface area contributed by atoms with Gasteiger partial charge in [0.2, 0.25) is 0 Å². The van der Waals surface area contributed by atoms with E-state index in [4.69, 9.17) is 4.74 Å². The van der Waals surface area contributed by atoms with Gasteiger partial charge in [-0.2, -0.15) is 0 Å². The van der Waals surface area contributed by atoms with Gasteiger partial charge in [0, 0.05) is 33.7 Å². The topological polar surface area (TPSA) is 12.5 Å². The highest BCUT2D eigenvalue weighted by Gasteiger charge is 2.38. The smallest absolute Gasteiger partial charge is 0.128 e. The van der Waals surface area contributed by atoms with Crippen molar-refractivity contribution in [3.05, 3.63) is 198 Å². The molecule has 0 amide bonds. The second-order valence-electron chi connectivity index (χ2n) is 14.5. The summed E-state index contributed by atoms with van der Waals surface area (Å²) < 4.78 is 6.53. The van der Waals surface area contributed by atoms with E-state index in [1.54, 1.807) is 0 Å². The second kappa shape index (κ2) is 11.5. The van der Waals surface area contributed by atoms with Gasteiger partial charge in [-0.3, -0.25) is 0 Å². The highest BCUT2D eigenvalue weighted by molar-refractivity contribution is 5.98. The van der Waals surface area contributed by atoms with E-state index < -0.39 is 0 Å². The van der Waals surface area contributed by atoms with Crippen molar-refractivity contribution in [3.8, 4) is 28.0 Å². The molecule has 2 atom stereocenters. The molecule has 0 saturated heterocycles. The Morgan fingerprint density at radius 1 is 0.569 bits per heavy atom. The van der Waals surface area contributed by atoms with Gasteiger partial charge in [0.25, 0.3) is 0 Å². The zero-order chi connectivity index (χ0) is 34.1. The van der Waals surface area contributed by atoms with Crippen LogP contribution in [0.4, 0.5) is 17.1 Å². The second-order valence-corrected chi connectivity index (χ2v) is 14.5. The van der Waals surface area contributed by atoms with E-state index in [0.717, 1.165) is 17.1 Å². The summed E-state index contributed by atoms with van der Waals surface area (Å²) in [5.41, 5.74) is 14.8. The fourth-order valence-electron chi connectivity index (χ4n) is 8.64. The predicted octanol–water partition coefficient (Wildman–Crippen LogP) is 12.8. The number of anilines is 3. The van der Waals surface area contributed by atoms with Crippen LogP contribution in [0.15, 0.2) is 176 Å². The predicted molar refractivity (Wildman–Crippen MR) is 212 cm³/mol. The van der Waals surface area contributed by atoms with Crippen molar-refractivity contribution in [1.29, 1.82) is 0 Å². The number of rotatable bonds is 5. The molecular formula is C49H37NO. The van der Waals surface area contributed by atoms with E-state index in [0.29, 0.717) is 0 Å². The van der Waals surface area contributed by atoms with Crippen LogP contribution in [0.1, 0.15) is 42.0 Å². The van der Waals surface area contributed by atoms with Crippen LogP contribution in [-0.4, -0.2) is 6.10 Å². The van der Waals surface area contributed by atoms with Crippen LogP contribution in [-0.2, 0) is 5.41 Å². The molecule has 1 aliphatic heterocycles. The van der Waals surface area contributed by atoms with Crippen molar-refractivity contribution in [2.24, 2.45) is 0 Å². The quantitative estimate of drug-likeness (QED) is 0.183. The number of fused-ring (bicyclic) bond motifs is 7. The maximum absolute atomic E-state index is 6.53. The molecule has 244 valence electrons. The molecule has 7 aromatic carbocycles. The molecule has 2 aliphatic carbocycles. The summed E-state index contributed by atoms with van der Waals surface area (Å²) in [5.74, 6) is 1.13. The van der Waals surface area contributed by atoms with Crippen LogP contribution in [0.2, 0.25) is 0 Å². The third-order valence-electron chi connectivity index (χ3n) is 11.2. The number of allylic oxidation sites excluding steroid dienone is 2. The highest BCUT2D eigenvalue weighted by atomic mass is 16.5. The Kier molecular flexibility index (Phi) is 6.69. The molecule has 51 heavy (non-hydrogen) atoms. The van der Waals surface area contributed by atoms with Crippen molar-refractivity contribution in [3.63, 3.8) is 0 Å². The summed E-state index contributed by atoms with van der Waals surface area (Å²) in [7, 11) is 0. The molecule has 3 aliphatic rings. The zero-order valence-corrected chi connectivity index (χ0v) is 28.8. The van der Waals surface area contributed by atoms with Crippen molar-refractivity contribution in [2.75, 3.05) is 4.90 Å². The fourth-order valence-corrected chi connectivity index (χ4v) is 8.64. The average Bonchev–Trinajstić information content (AvgIpc) is 3.65. The number of ether oxygens (including phenoxy) is 1. The molecule has 0 fully saturated rings. The first-order chi connectivity index (χ1) is 25.0. The summed E-state index contributed by atoms with van der Waals surface area (Å²) in [5, 5.41) is 2.46. The van der Waals surface area contributed by atoms with E-state index in [1.165, 1.54) is 66.5 Å². The van der Waals surface area contributed by atoms with Gasteiger partial charge < -0.3 is 9.64 Å². The maximum Gasteiger partial charge on any atom is 0.128 e. The summed E-state index contributed by atoms with van der Waals surface area (Å²) in [6, 6.07) is 57.4. The van der Waals surface area contributed by atoms with E-state index >= 15 is 0 Å². The van der Waals surface area contributed by atoms with Gasteiger partial charge in [0.15, 0.2) is 0 Å². The minimum Gasteiger partial charge on any atom is -0.485 e. The average molecular weight is 656 g/mol. The van der Waals surface area contributed by atoms with Gasteiger partial charge in [-0.1, -0.05) is 147 Å². The number of para-hydroxylation sites is 1. The fraction of sp³-hybridized carbons (Fsp3) is 0.102. The van der Waals surface area contributed by atoms with Gasteiger partial charge in [0.05, 0.1) is 11.4 Å². The SMILES string of the molecule is CC1(C)c2ccccc2-c2c(N(c3ccc(-c4ccccc4)cc3)c3ccccc3C3=CC4c5cc6ccccc6cc5OC4C=C3)cccc21. The van der Waals surface area contributed by atoms with Gasteiger partial charge in [-0.05, 0) is 86.6 Å². The lowest BCUT2D eigenvalue weighted by Crippen LogP contribution is -2.18. The normalized spacial score (nSPS) is 17.6. The van der Waals surface area contributed by atoms with Crippen LogP contribution in [0, 0.1) is 0 Å². The summed E-state index contributed by atoms with van der Waals surface area (Å²) in [6.45, 7) is 4.71. The molecule has 0 aromatic heterocycles. The van der Waals surface area contributed by atoms with Crippen LogP contribution >= 0.6 is 0 Å². The molecule has 0 spiro atoms. The summed E-state index contributed by atoms with van der Waals surface area (Å²) in [4.78, 5) is 2.48. The van der Waals surface area contributed by atoms with Gasteiger partial charge in [0.1, 0.15) is 11.9 Å². The molecule has 0 saturated carbocycles. The van der Waals surface area contributed by atoms with E-state index in [-0.39, 0.29) is 17.4 Å². The number of benzene rings is 7. The molecule has 2 unspecified atom stereocenters. The largest absolute Gasteiger partial charge is 0.485 e. The van der Waals surface area contributed by atoms with Gasteiger partial charge in [-0.25, -0.2) is 0 Å². The Morgan fingerprint density at radius 2 is 1.22 bits per heavy atom. The van der Waals surface area contributed by atoms with E-state index in [1.807, 2.05) is 0 Å². The van der Waals surface area contributed by atoms with Crippen molar-refractivity contribution in [1.82, 2.24) is 0 Å². The van der Waals surface area contributed by atoms with Gasteiger partial charge >= 0.3 is 0 Å². The Balaban J connectivity index is 1.15. The molecule has 2 heteroatoms. The Hall–Kier alpha value is -6.12. The lowest BCUT2D eigenvalue weighted by Gasteiger charge is -2.31. The molecule has 0 radical (unpaired) electrons. The lowest BCUT2D eigenvalue weighted by atomic mass is 9.82. The lowest BCUT2D eigenvalue weighted by molar-refractivity contribution is 0.269. The van der Waals surface area contributed by atoms with Crippen molar-refractivity contribution in [2.45, 2.75) is 31.3 Å². The minimum atomic E-state index is -0.103. The third-order valence-corrected chi connectivity index (χ3v) is 11.2. The molecule has 0 N–H and O–H groups in total. The summed E-state index contributed by atoms with van der Waals surface area (Å²) >= 11 is 0. The Morgan fingerprint density at radius 3 is 2.04 bits per heavy atom. The first-order valence-electron chi connectivity index (χ1n) is 17.9. The molecular weight excluding hydrogens is 619 g/mol. The third kappa shape index (κ3) is 4.71. The zero-order valence-electron chi connectivity index (χ0n) is 28.8. The number of hydrogen-bond donors (Lipinski definition) is 0. The number of hydrogen-bond acceptors (Lipinski definition) is 2. The highest BCUT2D eigenvalue weighted by Crippen LogP contribution is 2.55. The van der Waals surface area contributed by atoms with Crippen LogP contribution in [0.25, 0.3) is 38.6 Å². The first-order valence-corrected chi connectivity index (χ1v) is 17.9. The van der Waals surface area contributed by atoms with Crippen molar-refractivity contribution < 1.29 is 4.74 Å². The van der Waals surface area contributed by atoms with E-state index in [9.17, 15) is 0 Å². The Bertz CT molecular complexity index is 2540. The standard InChI is InChI=1S/C49H37NO/c1-49(2)42-19-10-8-18-39(42)48-43(49)20-12-22-45(48)50(37-26-23-33(24-27-37)32-13-4-3-5-14-32)44-21-11-9-17-38(44)36-25-28-46-40(30-36)41-29-34-15-6-7-16-35(34)31-47(41)51-46/h3-31,40,46H,1-2H3. The molecule has 7 aromatic rings. The van der Waals surface area contributed by atoms with Crippen LogP contribution in [0.5, 0.6) is 5.75 Å². The first kappa shape index (κ1) is 29.8. The Labute approximate surface area is 299 Å². The minimum absolute atomic E-state index is 0.00881. The van der Waals surface area contributed by atoms with Crippen LogP contribution in [0.3, 0.4) is 0 Å². The molecule has 1 heterocycles. The molecule has 10 rings (SSSR count). The van der Waals surface area contributed by atoms with Crippen LogP contribution < -0.4 is 9.64 Å². The van der Waals surface area contributed by atoms with E-state index in [2.05, 4.69) is 195 Å². The van der Waals surface area contributed by atoms with Gasteiger partial charge in [-0.15, -0.1) is 0 Å². The number of nitrogens with zero attached hydrogens (tertiary/aromatic N) is 1. The monoisotopic (exact) mass is 655 g/mol. The summed E-state index contributed by atoms with van der Waals surface area (Å²) in [6.07, 6.45) is 6.93. The molecule has 2 nitrogen and oxygen atoms in total.